The molecule has 1 aliphatic rings. The van der Waals surface area contributed by atoms with Gasteiger partial charge < -0.3 is 0 Å². The van der Waals surface area contributed by atoms with E-state index in [2.05, 4.69) is 51.0 Å². The van der Waals surface area contributed by atoms with Crippen LogP contribution in [0.3, 0.4) is 0 Å². The van der Waals surface area contributed by atoms with Crippen LogP contribution in [0.15, 0.2) is 18.3 Å². The fourth-order valence-electron chi connectivity index (χ4n) is 1.67. The van der Waals surface area contributed by atoms with Crippen molar-refractivity contribution in [1.82, 2.24) is 4.98 Å². The number of hydrogen-bond acceptors (Lipinski definition) is 1. The SMILES string of the molecule is CC(C)(C)c1ccc(C2(C)CC2)cn1. The third-order valence-electron chi connectivity index (χ3n) is 3.23. The van der Waals surface area contributed by atoms with E-state index in [1.165, 1.54) is 24.1 Å². The van der Waals surface area contributed by atoms with Crippen LogP contribution in [0.1, 0.15) is 51.8 Å². The molecule has 1 nitrogen and oxygen atoms in total. The Morgan fingerprint density at radius 2 is 1.86 bits per heavy atom. The van der Waals surface area contributed by atoms with Crippen molar-refractivity contribution in [3.8, 4) is 0 Å². The van der Waals surface area contributed by atoms with Gasteiger partial charge in [-0.05, 0) is 29.9 Å². The van der Waals surface area contributed by atoms with Crippen LogP contribution in [-0.4, -0.2) is 4.98 Å². The lowest BCUT2D eigenvalue weighted by Gasteiger charge is -2.18. The minimum Gasteiger partial charge on any atom is -0.260 e. The van der Waals surface area contributed by atoms with Crippen LogP contribution in [0.5, 0.6) is 0 Å². The normalized spacial score (nSPS) is 19.4. The van der Waals surface area contributed by atoms with Gasteiger partial charge in [0.2, 0.25) is 0 Å². The smallest absolute Gasteiger partial charge is 0.0457 e. The first kappa shape index (κ1) is 9.70. The van der Waals surface area contributed by atoms with E-state index in [1.54, 1.807) is 0 Å². The molecule has 14 heavy (non-hydrogen) atoms. The summed E-state index contributed by atoms with van der Waals surface area (Å²) in [4.78, 5) is 4.56. The minimum atomic E-state index is 0.170. The van der Waals surface area contributed by atoms with Crippen molar-refractivity contribution < 1.29 is 0 Å². The van der Waals surface area contributed by atoms with Gasteiger partial charge in [0.15, 0.2) is 0 Å². The van der Waals surface area contributed by atoms with Gasteiger partial charge in [0.05, 0.1) is 0 Å². The van der Waals surface area contributed by atoms with E-state index < -0.39 is 0 Å². The lowest BCUT2D eigenvalue weighted by atomic mass is 9.90. The molecule has 0 spiro atoms. The molecule has 1 aromatic rings. The molecule has 0 atom stereocenters. The summed E-state index contributed by atoms with van der Waals surface area (Å²) in [5.41, 5.74) is 3.21. The molecular formula is C13H19N. The number of nitrogens with zero attached hydrogens (tertiary/aromatic N) is 1. The minimum absolute atomic E-state index is 0.170. The van der Waals surface area contributed by atoms with E-state index in [9.17, 15) is 0 Å². The Morgan fingerprint density at radius 3 is 2.21 bits per heavy atom. The zero-order valence-corrected chi connectivity index (χ0v) is 9.59. The van der Waals surface area contributed by atoms with Crippen molar-refractivity contribution in [2.24, 2.45) is 0 Å². The van der Waals surface area contributed by atoms with E-state index in [4.69, 9.17) is 0 Å². The van der Waals surface area contributed by atoms with Crippen molar-refractivity contribution >= 4 is 0 Å². The molecular weight excluding hydrogens is 170 g/mol. The number of pyridine rings is 1. The zero-order valence-electron chi connectivity index (χ0n) is 9.59. The van der Waals surface area contributed by atoms with Crippen molar-refractivity contribution in [3.05, 3.63) is 29.6 Å². The molecule has 1 heteroatoms. The fraction of sp³-hybridized carbons (Fsp3) is 0.615. The average Bonchev–Trinajstić information content (AvgIpc) is 2.84. The van der Waals surface area contributed by atoms with Crippen LogP contribution in [0.2, 0.25) is 0 Å². The summed E-state index contributed by atoms with van der Waals surface area (Å²) in [7, 11) is 0. The highest BCUT2D eigenvalue weighted by atomic mass is 14.7. The van der Waals surface area contributed by atoms with E-state index in [-0.39, 0.29) is 5.41 Å². The number of hydrogen-bond donors (Lipinski definition) is 0. The summed E-state index contributed by atoms with van der Waals surface area (Å²) in [6.07, 6.45) is 4.71. The van der Waals surface area contributed by atoms with Gasteiger partial charge in [-0.2, -0.15) is 0 Å². The number of rotatable bonds is 1. The topological polar surface area (TPSA) is 12.9 Å². The summed E-state index contributed by atoms with van der Waals surface area (Å²) in [6.45, 7) is 8.93. The monoisotopic (exact) mass is 189 g/mol. The van der Waals surface area contributed by atoms with Crippen LogP contribution in [-0.2, 0) is 10.8 Å². The van der Waals surface area contributed by atoms with E-state index in [0.717, 1.165) is 0 Å². The highest BCUT2D eigenvalue weighted by molar-refractivity contribution is 5.29. The summed E-state index contributed by atoms with van der Waals surface area (Å²) in [6, 6.07) is 4.43. The summed E-state index contributed by atoms with van der Waals surface area (Å²) >= 11 is 0. The summed E-state index contributed by atoms with van der Waals surface area (Å²) < 4.78 is 0. The molecule has 0 aromatic carbocycles. The molecule has 1 heterocycles. The molecule has 76 valence electrons. The van der Waals surface area contributed by atoms with E-state index in [0.29, 0.717) is 5.41 Å². The van der Waals surface area contributed by atoms with Gasteiger partial charge in [-0.25, -0.2) is 0 Å². The Bertz CT molecular complexity index is 301. The average molecular weight is 189 g/mol. The maximum Gasteiger partial charge on any atom is 0.0457 e. The maximum absolute atomic E-state index is 4.56. The van der Waals surface area contributed by atoms with Crippen LogP contribution >= 0.6 is 0 Å². The molecule has 0 unspecified atom stereocenters. The molecule has 1 aliphatic carbocycles. The summed E-state index contributed by atoms with van der Waals surface area (Å²) in [5.74, 6) is 0. The molecule has 0 N–H and O–H groups in total. The second-order valence-corrected chi connectivity index (χ2v) is 5.74. The van der Waals surface area contributed by atoms with Crippen LogP contribution < -0.4 is 0 Å². The lowest BCUT2D eigenvalue weighted by molar-refractivity contribution is 0.567. The van der Waals surface area contributed by atoms with Gasteiger partial charge in [-0.15, -0.1) is 0 Å². The largest absolute Gasteiger partial charge is 0.260 e. The standard InChI is InChI=1S/C13H19N/c1-12(2,3)11-6-5-10(9-14-11)13(4)7-8-13/h5-6,9H,7-8H2,1-4H3. The van der Waals surface area contributed by atoms with Gasteiger partial charge in [0.25, 0.3) is 0 Å². The van der Waals surface area contributed by atoms with Gasteiger partial charge in [-0.1, -0.05) is 33.8 Å². The van der Waals surface area contributed by atoms with E-state index >= 15 is 0 Å². The third kappa shape index (κ3) is 1.68. The van der Waals surface area contributed by atoms with Crippen molar-refractivity contribution in [1.29, 1.82) is 0 Å². The molecule has 2 rings (SSSR count). The molecule has 0 radical (unpaired) electrons. The number of aromatic nitrogens is 1. The van der Waals surface area contributed by atoms with Gasteiger partial charge >= 0.3 is 0 Å². The van der Waals surface area contributed by atoms with Crippen molar-refractivity contribution in [2.75, 3.05) is 0 Å². The van der Waals surface area contributed by atoms with Crippen LogP contribution in [0.25, 0.3) is 0 Å². The zero-order chi connectivity index (χ0) is 10.4. The van der Waals surface area contributed by atoms with Gasteiger partial charge in [-0.3, -0.25) is 4.98 Å². The molecule has 1 aromatic heterocycles. The predicted molar refractivity (Wildman–Crippen MR) is 59.5 cm³/mol. The van der Waals surface area contributed by atoms with Gasteiger partial charge in [0, 0.05) is 17.3 Å². The third-order valence-corrected chi connectivity index (χ3v) is 3.23. The summed E-state index contributed by atoms with van der Waals surface area (Å²) in [5, 5.41) is 0. The Kier molecular flexibility index (Phi) is 1.95. The van der Waals surface area contributed by atoms with Crippen molar-refractivity contribution in [2.45, 2.75) is 51.4 Å². The Morgan fingerprint density at radius 1 is 1.21 bits per heavy atom. The van der Waals surface area contributed by atoms with Crippen LogP contribution in [0.4, 0.5) is 0 Å². The molecule has 0 amide bonds. The second kappa shape index (κ2) is 2.82. The Balaban J connectivity index is 2.27. The molecule has 0 saturated heterocycles. The highest BCUT2D eigenvalue weighted by Gasteiger charge is 2.39. The molecule has 1 saturated carbocycles. The highest BCUT2D eigenvalue weighted by Crippen LogP contribution is 2.47. The molecule has 0 bridgehead atoms. The second-order valence-electron chi connectivity index (χ2n) is 5.74. The molecule has 1 fully saturated rings. The van der Waals surface area contributed by atoms with Crippen molar-refractivity contribution in [3.63, 3.8) is 0 Å². The first-order valence-corrected chi connectivity index (χ1v) is 5.39. The quantitative estimate of drug-likeness (QED) is 0.659. The Hall–Kier alpha value is -0.850. The van der Waals surface area contributed by atoms with Crippen LogP contribution in [0, 0.1) is 0 Å². The Labute approximate surface area is 86.6 Å². The first-order chi connectivity index (χ1) is 6.42. The predicted octanol–water partition coefficient (Wildman–Crippen LogP) is 3.43. The molecule has 0 aliphatic heterocycles. The lowest BCUT2D eigenvalue weighted by Crippen LogP contribution is -2.14. The maximum atomic E-state index is 4.56. The fourth-order valence-corrected chi connectivity index (χ4v) is 1.67. The van der Waals surface area contributed by atoms with E-state index in [1.807, 2.05) is 0 Å². The van der Waals surface area contributed by atoms with Gasteiger partial charge in [0.1, 0.15) is 0 Å². The first-order valence-electron chi connectivity index (χ1n) is 5.39.